The van der Waals surface area contributed by atoms with Crippen LogP contribution in [0.5, 0.6) is 0 Å². The van der Waals surface area contributed by atoms with E-state index in [2.05, 4.69) is 6.92 Å². The molecule has 1 saturated heterocycles. The van der Waals surface area contributed by atoms with Gasteiger partial charge >= 0.3 is 0 Å². The highest BCUT2D eigenvalue weighted by Crippen LogP contribution is 2.40. The SMILES string of the molecule is CCC1CC1N1CC(CO)CC1=O. The lowest BCUT2D eigenvalue weighted by Gasteiger charge is -2.15. The lowest BCUT2D eigenvalue weighted by atomic mass is 10.1. The van der Waals surface area contributed by atoms with Crippen molar-refractivity contribution in [1.29, 1.82) is 0 Å². The van der Waals surface area contributed by atoms with Gasteiger partial charge in [-0.3, -0.25) is 4.79 Å². The van der Waals surface area contributed by atoms with Crippen LogP contribution in [0.1, 0.15) is 26.2 Å². The van der Waals surface area contributed by atoms with Gasteiger partial charge in [0.15, 0.2) is 0 Å². The third-order valence-corrected chi connectivity index (χ3v) is 3.31. The zero-order valence-corrected chi connectivity index (χ0v) is 8.07. The molecular weight excluding hydrogens is 166 g/mol. The molecule has 1 aliphatic heterocycles. The largest absolute Gasteiger partial charge is 0.396 e. The van der Waals surface area contributed by atoms with Gasteiger partial charge in [-0.15, -0.1) is 0 Å². The predicted molar refractivity (Wildman–Crippen MR) is 49.1 cm³/mol. The molecule has 1 amide bonds. The van der Waals surface area contributed by atoms with Crippen LogP contribution in [-0.4, -0.2) is 35.1 Å². The van der Waals surface area contributed by atoms with E-state index in [-0.39, 0.29) is 18.4 Å². The number of hydrogen-bond donors (Lipinski definition) is 1. The first-order valence-corrected chi connectivity index (χ1v) is 5.16. The minimum atomic E-state index is 0.158. The van der Waals surface area contributed by atoms with Gasteiger partial charge < -0.3 is 10.0 Å². The molecular formula is C10H17NO2. The fourth-order valence-electron chi connectivity index (χ4n) is 2.30. The highest BCUT2D eigenvalue weighted by molar-refractivity contribution is 5.79. The smallest absolute Gasteiger partial charge is 0.223 e. The summed E-state index contributed by atoms with van der Waals surface area (Å²) in [7, 11) is 0. The molecule has 13 heavy (non-hydrogen) atoms. The van der Waals surface area contributed by atoms with Crippen molar-refractivity contribution in [2.45, 2.75) is 32.2 Å². The van der Waals surface area contributed by atoms with Crippen LogP contribution in [0.3, 0.4) is 0 Å². The summed E-state index contributed by atoms with van der Waals surface area (Å²) >= 11 is 0. The van der Waals surface area contributed by atoms with E-state index >= 15 is 0 Å². The Balaban J connectivity index is 1.91. The zero-order chi connectivity index (χ0) is 9.42. The Bertz CT molecular complexity index is 217. The van der Waals surface area contributed by atoms with Crippen molar-refractivity contribution >= 4 is 5.91 Å². The molecule has 3 heteroatoms. The molecule has 1 aliphatic carbocycles. The number of nitrogens with zero attached hydrogens (tertiary/aromatic N) is 1. The Kier molecular flexibility index (Phi) is 2.28. The maximum atomic E-state index is 11.5. The van der Waals surface area contributed by atoms with E-state index < -0.39 is 0 Å². The van der Waals surface area contributed by atoms with Gasteiger partial charge in [0.05, 0.1) is 0 Å². The number of aliphatic hydroxyl groups is 1. The molecule has 1 heterocycles. The van der Waals surface area contributed by atoms with Crippen LogP contribution in [0, 0.1) is 11.8 Å². The van der Waals surface area contributed by atoms with Crippen molar-refractivity contribution in [3.63, 3.8) is 0 Å². The molecule has 3 nitrogen and oxygen atoms in total. The predicted octanol–water partition coefficient (Wildman–Crippen LogP) is 0.626. The summed E-state index contributed by atoms with van der Waals surface area (Å²) in [5.41, 5.74) is 0. The number of carbonyl (C=O) groups excluding carboxylic acids is 1. The fraction of sp³-hybridized carbons (Fsp3) is 0.900. The third-order valence-electron chi connectivity index (χ3n) is 3.31. The van der Waals surface area contributed by atoms with E-state index in [4.69, 9.17) is 5.11 Å². The van der Waals surface area contributed by atoms with Crippen LogP contribution < -0.4 is 0 Å². The first-order chi connectivity index (χ1) is 6.26. The molecule has 0 radical (unpaired) electrons. The van der Waals surface area contributed by atoms with Crippen LogP contribution in [0.25, 0.3) is 0 Å². The maximum Gasteiger partial charge on any atom is 0.223 e. The Labute approximate surface area is 78.7 Å². The van der Waals surface area contributed by atoms with E-state index in [1.807, 2.05) is 4.90 Å². The Morgan fingerprint density at radius 2 is 2.38 bits per heavy atom. The quantitative estimate of drug-likeness (QED) is 0.697. The van der Waals surface area contributed by atoms with Gasteiger partial charge in [-0.25, -0.2) is 0 Å². The topological polar surface area (TPSA) is 40.5 Å². The summed E-state index contributed by atoms with van der Waals surface area (Å²) in [6, 6.07) is 0.508. The second kappa shape index (κ2) is 3.29. The highest BCUT2D eigenvalue weighted by atomic mass is 16.3. The molecule has 2 aliphatic rings. The average molecular weight is 183 g/mol. The van der Waals surface area contributed by atoms with Crippen LogP contribution in [0.2, 0.25) is 0 Å². The molecule has 2 rings (SSSR count). The second-order valence-corrected chi connectivity index (χ2v) is 4.27. The Morgan fingerprint density at radius 3 is 2.85 bits per heavy atom. The monoisotopic (exact) mass is 183 g/mol. The summed E-state index contributed by atoms with van der Waals surface area (Å²) < 4.78 is 0. The first kappa shape index (κ1) is 9.00. The van der Waals surface area contributed by atoms with Gasteiger partial charge in [0.25, 0.3) is 0 Å². The summed E-state index contributed by atoms with van der Waals surface area (Å²) in [6.45, 7) is 3.12. The van der Waals surface area contributed by atoms with Crippen molar-refractivity contribution in [2.75, 3.05) is 13.2 Å². The zero-order valence-electron chi connectivity index (χ0n) is 8.07. The number of hydrogen-bond acceptors (Lipinski definition) is 2. The van der Waals surface area contributed by atoms with E-state index in [9.17, 15) is 4.79 Å². The standard InChI is InChI=1S/C10H17NO2/c1-2-8-4-9(8)11-5-7(6-12)3-10(11)13/h7-9,12H,2-6H2,1H3. The van der Waals surface area contributed by atoms with E-state index in [0.29, 0.717) is 12.5 Å². The van der Waals surface area contributed by atoms with E-state index in [1.165, 1.54) is 12.8 Å². The van der Waals surface area contributed by atoms with Crippen LogP contribution in [-0.2, 0) is 4.79 Å². The number of likely N-dealkylation sites (tertiary alicyclic amines) is 1. The number of rotatable bonds is 3. The molecule has 3 atom stereocenters. The number of amides is 1. The van der Waals surface area contributed by atoms with Gasteiger partial charge in [0.1, 0.15) is 0 Å². The van der Waals surface area contributed by atoms with Gasteiger partial charge in [-0.05, 0) is 12.3 Å². The van der Waals surface area contributed by atoms with Crippen LogP contribution >= 0.6 is 0 Å². The second-order valence-electron chi connectivity index (χ2n) is 4.27. The number of carbonyl (C=O) groups is 1. The fourth-order valence-corrected chi connectivity index (χ4v) is 2.30. The third kappa shape index (κ3) is 1.57. The van der Waals surface area contributed by atoms with Crippen LogP contribution in [0.15, 0.2) is 0 Å². The van der Waals surface area contributed by atoms with E-state index in [1.54, 1.807) is 0 Å². The average Bonchev–Trinajstić information content (AvgIpc) is 2.83. The van der Waals surface area contributed by atoms with Crippen molar-refractivity contribution in [1.82, 2.24) is 4.90 Å². The van der Waals surface area contributed by atoms with Crippen molar-refractivity contribution < 1.29 is 9.90 Å². The highest BCUT2D eigenvalue weighted by Gasteiger charge is 2.45. The Morgan fingerprint density at radius 1 is 1.62 bits per heavy atom. The van der Waals surface area contributed by atoms with Gasteiger partial charge in [0, 0.05) is 31.5 Å². The lowest BCUT2D eigenvalue weighted by molar-refractivity contribution is -0.128. The summed E-state index contributed by atoms with van der Waals surface area (Å²) in [4.78, 5) is 13.5. The van der Waals surface area contributed by atoms with E-state index in [0.717, 1.165) is 12.5 Å². The first-order valence-electron chi connectivity index (χ1n) is 5.16. The van der Waals surface area contributed by atoms with Crippen molar-refractivity contribution in [3.8, 4) is 0 Å². The molecule has 0 aromatic carbocycles. The molecule has 0 spiro atoms. The lowest BCUT2D eigenvalue weighted by Crippen LogP contribution is -2.29. The molecule has 0 aromatic rings. The molecule has 3 unspecified atom stereocenters. The molecule has 0 bridgehead atoms. The maximum absolute atomic E-state index is 11.5. The molecule has 1 N–H and O–H groups in total. The summed E-state index contributed by atoms with van der Waals surface area (Å²) in [6.07, 6.45) is 2.92. The normalized spacial score (nSPS) is 38.5. The van der Waals surface area contributed by atoms with Crippen molar-refractivity contribution in [2.24, 2.45) is 11.8 Å². The Hall–Kier alpha value is -0.570. The number of aliphatic hydroxyl groups excluding tert-OH is 1. The van der Waals surface area contributed by atoms with Gasteiger partial charge in [-0.1, -0.05) is 13.3 Å². The molecule has 1 saturated carbocycles. The van der Waals surface area contributed by atoms with Gasteiger partial charge in [0.2, 0.25) is 5.91 Å². The molecule has 0 aromatic heterocycles. The minimum absolute atomic E-state index is 0.158. The minimum Gasteiger partial charge on any atom is -0.396 e. The van der Waals surface area contributed by atoms with Gasteiger partial charge in [-0.2, -0.15) is 0 Å². The van der Waals surface area contributed by atoms with Crippen LogP contribution in [0.4, 0.5) is 0 Å². The summed E-state index contributed by atoms with van der Waals surface area (Å²) in [5, 5.41) is 8.95. The van der Waals surface area contributed by atoms with Crippen molar-refractivity contribution in [3.05, 3.63) is 0 Å². The molecule has 74 valence electrons. The molecule has 2 fully saturated rings. The summed E-state index contributed by atoms with van der Waals surface area (Å²) in [5.74, 6) is 1.19.